The molecule has 7 heteroatoms. The molecular weight excluding hydrogens is 308 g/mol. The van der Waals surface area contributed by atoms with Crippen molar-refractivity contribution >= 4 is 39.0 Å². The van der Waals surface area contributed by atoms with Gasteiger partial charge in [-0.3, -0.25) is 0 Å². The van der Waals surface area contributed by atoms with E-state index < -0.39 is 0 Å². The van der Waals surface area contributed by atoms with Crippen molar-refractivity contribution in [2.24, 2.45) is 0 Å². The van der Waals surface area contributed by atoms with Crippen molar-refractivity contribution < 1.29 is 4.42 Å². The summed E-state index contributed by atoms with van der Waals surface area (Å²) in [5, 5.41) is 4.70. The number of rotatable bonds is 4. The summed E-state index contributed by atoms with van der Waals surface area (Å²) in [6.45, 7) is 0.854. The van der Waals surface area contributed by atoms with Gasteiger partial charge in [0.1, 0.15) is 10.6 Å². The van der Waals surface area contributed by atoms with Crippen molar-refractivity contribution in [3.8, 4) is 11.6 Å². The topological polar surface area (TPSA) is 77.0 Å². The van der Waals surface area contributed by atoms with E-state index in [1.54, 1.807) is 23.5 Å². The van der Waals surface area contributed by atoms with Gasteiger partial charge in [0, 0.05) is 17.5 Å². The van der Waals surface area contributed by atoms with E-state index in [0.717, 1.165) is 16.8 Å². The van der Waals surface area contributed by atoms with E-state index in [-0.39, 0.29) is 0 Å². The van der Waals surface area contributed by atoms with Gasteiger partial charge in [-0.15, -0.1) is 11.3 Å². The summed E-state index contributed by atoms with van der Waals surface area (Å²) >= 11 is 7.42. The largest absolute Gasteiger partial charge is 0.441 e. The van der Waals surface area contributed by atoms with E-state index >= 15 is 0 Å². The van der Waals surface area contributed by atoms with Gasteiger partial charge in [-0.2, -0.15) is 0 Å². The van der Waals surface area contributed by atoms with Crippen LogP contribution in [0.15, 0.2) is 22.6 Å². The zero-order valence-corrected chi connectivity index (χ0v) is 12.7. The minimum Gasteiger partial charge on any atom is -0.441 e. The van der Waals surface area contributed by atoms with Gasteiger partial charge in [-0.1, -0.05) is 0 Å². The van der Waals surface area contributed by atoms with Crippen molar-refractivity contribution in [1.29, 1.82) is 0 Å². The maximum atomic E-state index is 6.04. The second kappa shape index (κ2) is 4.98. The molecule has 3 N–H and O–H groups in total. The average Bonchev–Trinajstić information content (AvgIpc) is 3.03. The van der Waals surface area contributed by atoms with Crippen molar-refractivity contribution in [3.05, 3.63) is 28.3 Å². The molecule has 4 rings (SSSR count). The molecule has 0 unspecified atom stereocenters. The molecule has 0 aromatic carbocycles. The molecule has 3 aromatic heterocycles. The maximum Gasteiger partial charge on any atom is 0.199 e. The first-order chi connectivity index (χ1) is 10.2. The Morgan fingerprint density at radius 1 is 1.38 bits per heavy atom. The van der Waals surface area contributed by atoms with E-state index in [1.807, 2.05) is 0 Å². The molecule has 0 amide bonds. The highest BCUT2D eigenvalue weighted by Crippen LogP contribution is 2.31. The number of thiophene rings is 1. The van der Waals surface area contributed by atoms with Crippen LogP contribution in [0.2, 0.25) is 5.22 Å². The van der Waals surface area contributed by atoms with Crippen LogP contribution in [-0.4, -0.2) is 16.0 Å². The summed E-state index contributed by atoms with van der Waals surface area (Å²) in [6.07, 6.45) is 2.55. The molecule has 1 aliphatic carbocycles. The van der Waals surface area contributed by atoms with Crippen molar-refractivity contribution in [3.63, 3.8) is 0 Å². The number of anilines is 1. The van der Waals surface area contributed by atoms with E-state index in [1.165, 1.54) is 17.7 Å². The number of aromatic nitrogens is 2. The number of furan rings is 1. The van der Waals surface area contributed by atoms with E-state index in [2.05, 4.69) is 21.4 Å². The summed E-state index contributed by atoms with van der Waals surface area (Å²) < 4.78 is 5.34. The normalized spacial score (nSPS) is 14.9. The minimum atomic E-state index is 0.313. The molecule has 0 saturated heterocycles. The third-order valence-corrected chi connectivity index (χ3v) is 4.64. The number of nitrogens with zero attached hydrogens (tertiary/aromatic N) is 2. The molecule has 5 nitrogen and oxygen atoms in total. The third kappa shape index (κ3) is 2.62. The van der Waals surface area contributed by atoms with Gasteiger partial charge in [0.15, 0.2) is 16.8 Å². The predicted molar refractivity (Wildman–Crippen MR) is 84.4 cm³/mol. The molecule has 1 fully saturated rings. The fourth-order valence-electron chi connectivity index (χ4n) is 2.16. The molecule has 1 saturated carbocycles. The van der Waals surface area contributed by atoms with Gasteiger partial charge in [-0.05, 0) is 42.6 Å². The number of hydrogen-bond donors (Lipinski definition) is 2. The zero-order valence-electron chi connectivity index (χ0n) is 11.1. The lowest BCUT2D eigenvalue weighted by Gasteiger charge is -1.98. The van der Waals surface area contributed by atoms with E-state index in [9.17, 15) is 0 Å². The smallest absolute Gasteiger partial charge is 0.199 e. The molecule has 0 radical (unpaired) electrons. The molecule has 3 heterocycles. The molecule has 0 aliphatic heterocycles. The lowest BCUT2D eigenvalue weighted by Crippen LogP contribution is -2.14. The highest BCUT2D eigenvalue weighted by atomic mass is 35.5. The summed E-state index contributed by atoms with van der Waals surface area (Å²) in [7, 11) is 0. The van der Waals surface area contributed by atoms with Gasteiger partial charge < -0.3 is 15.5 Å². The molecule has 3 aromatic rings. The van der Waals surface area contributed by atoms with Gasteiger partial charge >= 0.3 is 0 Å². The van der Waals surface area contributed by atoms with Gasteiger partial charge in [0.05, 0.1) is 5.39 Å². The van der Waals surface area contributed by atoms with Crippen molar-refractivity contribution in [1.82, 2.24) is 15.3 Å². The second-order valence-electron chi connectivity index (χ2n) is 5.12. The van der Waals surface area contributed by atoms with Crippen molar-refractivity contribution in [2.75, 3.05) is 5.73 Å². The first-order valence-corrected chi connectivity index (χ1v) is 7.93. The monoisotopic (exact) mass is 320 g/mol. The number of nitrogen functional groups attached to an aromatic ring is 1. The summed E-state index contributed by atoms with van der Waals surface area (Å²) in [4.78, 5) is 10.9. The predicted octanol–water partition coefficient (Wildman–Crippen LogP) is 3.44. The lowest BCUT2D eigenvalue weighted by atomic mass is 10.3. The van der Waals surface area contributed by atoms with E-state index in [0.29, 0.717) is 28.7 Å². The molecule has 1 aliphatic rings. The Labute approximate surface area is 130 Å². The fourth-order valence-corrected chi connectivity index (χ4v) is 3.29. The standard InChI is InChI=1S/C14H13ClN4OS/c15-11-4-3-10(20-11)13-18-12(16)9-5-8(21-14(9)19-13)6-17-7-1-2-7/h3-5,7,17H,1-2,6H2,(H2,16,18,19). The highest BCUT2D eigenvalue weighted by molar-refractivity contribution is 7.18. The molecule has 0 spiro atoms. The van der Waals surface area contributed by atoms with Gasteiger partial charge in [-0.25, -0.2) is 9.97 Å². The quantitative estimate of drug-likeness (QED) is 0.770. The summed E-state index contributed by atoms with van der Waals surface area (Å²) in [5.41, 5.74) is 6.04. The highest BCUT2D eigenvalue weighted by Gasteiger charge is 2.20. The Balaban J connectivity index is 1.70. The van der Waals surface area contributed by atoms with Crippen LogP contribution in [0.3, 0.4) is 0 Å². The molecule has 0 atom stereocenters. The third-order valence-electron chi connectivity index (χ3n) is 3.41. The molecule has 108 valence electrons. The van der Waals surface area contributed by atoms with Crippen molar-refractivity contribution in [2.45, 2.75) is 25.4 Å². The Bertz CT molecular complexity index is 809. The molecule has 21 heavy (non-hydrogen) atoms. The number of nitrogens with two attached hydrogens (primary N) is 1. The number of hydrogen-bond acceptors (Lipinski definition) is 6. The first-order valence-electron chi connectivity index (χ1n) is 6.74. The maximum absolute atomic E-state index is 6.04. The zero-order chi connectivity index (χ0) is 14.4. The fraction of sp³-hybridized carbons (Fsp3) is 0.286. The van der Waals surface area contributed by atoms with Crippen LogP contribution in [-0.2, 0) is 6.54 Å². The van der Waals surface area contributed by atoms with Gasteiger partial charge in [0.25, 0.3) is 0 Å². The summed E-state index contributed by atoms with van der Waals surface area (Å²) in [5.74, 6) is 1.46. The second-order valence-corrected chi connectivity index (χ2v) is 6.61. The Morgan fingerprint density at radius 3 is 2.95 bits per heavy atom. The lowest BCUT2D eigenvalue weighted by molar-refractivity contribution is 0.580. The summed E-state index contributed by atoms with van der Waals surface area (Å²) in [6, 6.07) is 6.15. The SMILES string of the molecule is Nc1nc(-c2ccc(Cl)o2)nc2sc(CNC3CC3)cc12. The Morgan fingerprint density at radius 2 is 2.24 bits per heavy atom. The Hall–Kier alpha value is -1.63. The number of fused-ring (bicyclic) bond motifs is 1. The first kappa shape index (κ1) is 13.1. The van der Waals surface area contributed by atoms with Crippen LogP contribution in [0.1, 0.15) is 17.7 Å². The minimum absolute atomic E-state index is 0.313. The van der Waals surface area contributed by atoms with Crippen LogP contribution >= 0.6 is 22.9 Å². The van der Waals surface area contributed by atoms with Crippen LogP contribution in [0.25, 0.3) is 21.8 Å². The van der Waals surface area contributed by atoms with Crippen LogP contribution < -0.4 is 11.1 Å². The Kier molecular flexibility index (Phi) is 3.10. The van der Waals surface area contributed by atoms with E-state index in [4.69, 9.17) is 21.8 Å². The molecule has 0 bridgehead atoms. The van der Waals surface area contributed by atoms with Crippen LogP contribution in [0, 0.1) is 0 Å². The molecular formula is C14H13ClN4OS. The van der Waals surface area contributed by atoms with Crippen LogP contribution in [0.5, 0.6) is 0 Å². The number of halogens is 1. The van der Waals surface area contributed by atoms with Crippen LogP contribution in [0.4, 0.5) is 5.82 Å². The van der Waals surface area contributed by atoms with Gasteiger partial charge in [0.2, 0.25) is 0 Å². The average molecular weight is 321 g/mol. The number of nitrogens with one attached hydrogen (secondary N) is 1.